The quantitative estimate of drug-likeness (QED) is 0.898. The molecule has 1 atom stereocenters. The number of rotatable bonds is 5. The highest BCUT2D eigenvalue weighted by molar-refractivity contribution is 7.97. The second-order valence-electron chi connectivity index (χ2n) is 5.03. The average molecular weight is 278 g/mol. The number of hydrogen-bond donors (Lipinski definition) is 1. The van der Waals surface area contributed by atoms with E-state index in [1.54, 1.807) is 11.8 Å². The van der Waals surface area contributed by atoms with E-state index in [0.29, 0.717) is 0 Å². The van der Waals surface area contributed by atoms with Gasteiger partial charge in [0.25, 0.3) is 0 Å². The van der Waals surface area contributed by atoms with Gasteiger partial charge in [0.15, 0.2) is 0 Å². The van der Waals surface area contributed by atoms with E-state index >= 15 is 0 Å². The van der Waals surface area contributed by atoms with Crippen LogP contribution >= 0.6 is 11.8 Å². The van der Waals surface area contributed by atoms with Gasteiger partial charge in [-0.2, -0.15) is 11.8 Å². The lowest BCUT2D eigenvalue weighted by atomic mass is 10.2. The molecule has 0 spiro atoms. The van der Waals surface area contributed by atoms with Crippen molar-refractivity contribution in [3.05, 3.63) is 29.8 Å². The second-order valence-corrected chi connectivity index (χ2v) is 5.90. The first-order valence-electron chi connectivity index (χ1n) is 6.84. The van der Waals surface area contributed by atoms with Gasteiger partial charge < -0.3 is 10.2 Å². The molecule has 0 bridgehead atoms. The lowest BCUT2D eigenvalue weighted by Crippen LogP contribution is -2.39. The van der Waals surface area contributed by atoms with Crippen molar-refractivity contribution < 1.29 is 4.79 Å². The van der Waals surface area contributed by atoms with Gasteiger partial charge in [-0.1, -0.05) is 12.1 Å². The maximum atomic E-state index is 12.2. The summed E-state index contributed by atoms with van der Waals surface area (Å²) in [5.41, 5.74) is 2.32. The summed E-state index contributed by atoms with van der Waals surface area (Å²) < 4.78 is 0. The van der Waals surface area contributed by atoms with Crippen molar-refractivity contribution in [2.24, 2.45) is 0 Å². The summed E-state index contributed by atoms with van der Waals surface area (Å²) in [5.74, 6) is 1.22. The Morgan fingerprint density at radius 1 is 1.42 bits per heavy atom. The maximum Gasteiger partial charge on any atom is 0.244 e. The van der Waals surface area contributed by atoms with Crippen LogP contribution in [-0.2, 0) is 10.5 Å². The summed E-state index contributed by atoms with van der Waals surface area (Å²) in [6.07, 6.45) is 4.38. The monoisotopic (exact) mass is 278 g/mol. The number of anilines is 1. The first-order chi connectivity index (χ1) is 9.20. The molecule has 1 aliphatic heterocycles. The number of nitrogens with zero attached hydrogens (tertiary/aromatic N) is 1. The van der Waals surface area contributed by atoms with Crippen LogP contribution in [0.3, 0.4) is 0 Å². The molecule has 2 rings (SSSR count). The van der Waals surface area contributed by atoms with Gasteiger partial charge in [-0.05, 0) is 43.7 Å². The molecule has 0 radical (unpaired) electrons. The molecule has 1 aromatic rings. The van der Waals surface area contributed by atoms with Crippen molar-refractivity contribution in [2.45, 2.75) is 31.6 Å². The highest BCUT2D eigenvalue weighted by atomic mass is 32.2. The zero-order valence-corrected chi connectivity index (χ0v) is 12.5. The predicted molar refractivity (Wildman–Crippen MR) is 82.6 cm³/mol. The van der Waals surface area contributed by atoms with E-state index in [0.717, 1.165) is 37.4 Å². The third kappa shape index (κ3) is 3.90. The first-order valence-corrected chi connectivity index (χ1v) is 8.23. The van der Waals surface area contributed by atoms with Crippen LogP contribution in [-0.4, -0.2) is 36.2 Å². The minimum absolute atomic E-state index is 0.150. The molecule has 1 heterocycles. The lowest BCUT2D eigenvalue weighted by Gasteiger charge is -2.22. The van der Waals surface area contributed by atoms with E-state index in [1.165, 1.54) is 5.56 Å². The number of hydrogen-bond acceptors (Lipinski definition) is 3. The SMILES string of the molecule is CSCc1cccc(NC(C)C(=O)N2CCCC2)c1. The molecule has 0 saturated carbocycles. The van der Waals surface area contributed by atoms with Crippen LogP contribution in [0.25, 0.3) is 0 Å². The van der Waals surface area contributed by atoms with Gasteiger partial charge in [0.1, 0.15) is 6.04 Å². The van der Waals surface area contributed by atoms with Crippen molar-refractivity contribution in [3.8, 4) is 0 Å². The second kappa shape index (κ2) is 6.85. The van der Waals surface area contributed by atoms with Gasteiger partial charge in [0, 0.05) is 24.5 Å². The Bertz CT molecular complexity index is 430. The van der Waals surface area contributed by atoms with Gasteiger partial charge in [-0.15, -0.1) is 0 Å². The van der Waals surface area contributed by atoms with Crippen LogP contribution in [0.15, 0.2) is 24.3 Å². The normalized spacial score (nSPS) is 16.4. The number of amides is 1. The fourth-order valence-electron chi connectivity index (χ4n) is 2.44. The van der Waals surface area contributed by atoms with Crippen molar-refractivity contribution in [3.63, 3.8) is 0 Å². The van der Waals surface area contributed by atoms with Gasteiger partial charge >= 0.3 is 0 Å². The van der Waals surface area contributed by atoms with E-state index in [-0.39, 0.29) is 11.9 Å². The third-order valence-electron chi connectivity index (χ3n) is 3.41. The van der Waals surface area contributed by atoms with Crippen LogP contribution in [0.2, 0.25) is 0 Å². The summed E-state index contributed by atoms with van der Waals surface area (Å²) in [6.45, 7) is 3.77. The molecule has 1 amide bonds. The molecule has 104 valence electrons. The highest BCUT2D eigenvalue weighted by Crippen LogP contribution is 2.17. The summed E-state index contributed by atoms with van der Waals surface area (Å²) in [6, 6.07) is 8.17. The number of nitrogens with one attached hydrogen (secondary N) is 1. The fraction of sp³-hybridized carbons (Fsp3) is 0.533. The van der Waals surface area contributed by atoms with Crippen LogP contribution in [0, 0.1) is 0 Å². The average Bonchev–Trinajstić information content (AvgIpc) is 2.92. The molecule has 0 aromatic heterocycles. The van der Waals surface area contributed by atoms with Gasteiger partial charge in [-0.3, -0.25) is 4.79 Å². The Kier molecular flexibility index (Phi) is 5.14. The van der Waals surface area contributed by atoms with Crippen molar-refractivity contribution in [1.82, 2.24) is 4.90 Å². The smallest absolute Gasteiger partial charge is 0.244 e. The number of carbonyl (C=O) groups excluding carboxylic acids is 1. The van der Waals surface area contributed by atoms with Crippen molar-refractivity contribution in [1.29, 1.82) is 0 Å². The first kappa shape index (κ1) is 14.3. The van der Waals surface area contributed by atoms with E-state index in [9.17, 15) is 4.79 Å². The van der Waals surface area contributed by atoms with E-state index in [2.05, 4.69) is 23.7 Å². The molecular formula is C15H22N2OS. The number of carbonyl (C=O) groups is 1. The highest BCUT2D eigenvalue weighted by Gasteiger charge is 2.22. The van der Waals surface area contributed by atoms with E-state index in [4.69, 9.17) is 0 Å². The Labute approximate surface area is 119 Å². The molecule has 1 fully saturated rings. The Hall–Kier alpha value is -1.16. The van der Waals surface area contributed by atoms with Crippen LogP contribution in [0.4, 0.5) is 5.69 Å². The molecule has 1 aliphatic rings. The molecule has 1 aromatic carbocycles. The number of likely N-dealkylation sites (tertiary alicyclic amines) is 1. The zero-order valence-electron chi connectivity index (χ0n) is 11.7. The van der Waals surface area contributed by atoms with Crippen molar-refractivity contribution >= 4 is 23.4 Å². The Balaban J connectivity index is 1.95. The maximum absolute atomic E-state index is 12.2. The number of benzene rings is 1. The summed E-state index contributed by atoms with van der Waals surface area (Å²) in [5, 5.41) is 3.32. The van der Waals surface area contributed by atoms with E-state index in [1.807, 2.05) is 24.0 Å². The molecule has 1 unspecified atom stereocenters. The molecule has 3 nitrogen and oxygen atoms in total. The molecule has 1 saturated heterocycles. The summed E-state index contributed by atoms with van der Waals surface area (Å²) in [4.78, 5) is 14.2. The summed E-state index contributed by atoms with van der Waals surface area (Å²) in [7, 11) is 0. The van der Waals surface area contributed by atoms with Gasteiger partial charge in [-0.25, -0.2) is 0 Å². The van der Waals surface area contributed by atoms with Crippen LogP contribution < -0.4 is 5.32 Å². The van der Waals surface area contributed by atoms with Gasteiger partial charge in [0.2, 0.25) is 5.91 Å². The standard InChI is InChI=1S/C15H22N2OS/c1-12(15(18)17-8-3-4-9-17)16-14-7-5-6-13(10-14)11-19-2/h5-7,10,12,16H,3-4,8-9,11H2,1-2H3. The number of thioether (sulfide) groups is 1. The van der Waals surface area contributed by atoms with Gasteiger partial charge in [0.05, 0.1) is 0 Å². The van der Waals surface area contributed by atoms with Crippen LogP contribution in [0.1, 0.15) is 25.3 Å². The topological polar surface area (TPSA) is 32.3 Å². The minimum Gasteiger partial charge on any atom is -0.374 e. The predicted octanol–water partition coefficient (Wildman–Crippen LogP) is 2.97. The lowest BCUT2D eigenvalue weighted by molar-refractivity contribution is -0.130. The molecule has 0 aliphatic carbocycles. The molecule has 4 heteroatoms. The Morgan fingerprint density at radius 2 is 2.16 bits per heavy atom. The molecular weight excluding hydrogens is 256 g/mol. The minimum atomic E-state index is -0.150. The molecule has 19 heavy (non-hydrogen) atoms. The van der Waals surface area contributed by atoms with E-state index < -0.39 is 0 Å². The largest absolute Gasteiger partial charge is 0.374 e. The molecule has 1 N–H and O–H groups in total. The third-order valence-corrected chi connectivity index (χ3v) is 4.03. The zero-order chi connectivity index (χ0) is 13.7. The fourth-order valence-corrected chi connectivity index (χ4v) is 2.95. The summed E-state index contributed by atoms with van der Waals surface area (Å²) >= 11 is 1.81. The van der Waals surface area contributed by atoms with Crippen LogP contribution in [0.5, 0.6) is 0 Å². The Morgan fingerprint density at radius 3 is 2.84 bits per heavy atom. The van der Waals surface area contributed by atoms with Crippen molar-refractivity contribution in [2.75, 3.05) is 24.7 Å².